The van der Waals surface area contributed by atoms with E-state index in [0.717, 1.165) is 86.1 Å². The van der Waals surface area contributed by atoms with Crippen molar-refractivity contribution >= 4 is 77.7 Å². The van der Waals surface area contributed by atoms with Crippen molar-refractivity contribution in [2.45, 2.75) is 5.03 Å². The fourth-order valence-electron chi connectivity index (χ4n) is 7.39. The maximum Gasteiger partial charge on any atom is 0.183 e. The van der Waals surface area contributed by atoms with E-state index in [1.165, 1.54) is 12.7 Å². The van der Waals surface area contributed by atoms with Crippen molar-refractivity contribution in [2.75, 3.05) is 17.7 Å². The predicted molar refractivity (Wildman–Crippen MR) is 265 cm³/mol. The normalized spacial score (nSPS) is 11.1. The van der Waals surface area contributed by atoms with Gasteiger partial charge in [-0.1, -0.05) is 91.0 Å². The molecular weight excluding hydrogens is 885 g/mol. The van der Waals surface area contributed by atoms with Crippen molar-refractivity contribution in [2.24, 2.45) is 14.1 Å². The number of aryl methyl sites for hydroxylation is 2. The lowest BCUT2D eigenvalue weighted by Gasteiger charge is -2.03. The van der Waals surface area contributed by atoms with E-state index >= 15 is 0 Å². The first kappa shape index (κ1) is 41.9. The Hall–Kier alpha value is -8.13. The Morgan fingerprint density at radius 1 is 0.561 bits per heavy atom. The van der Waals surface area contributed by atoms with Crippen LogP contribution in [0.2, 0.25) is 0 Å². The van der Waals surface area contributed by atoms with Crippen molar-refractivity contribution in [3.63, 3.8) is 0 Å². The predicted octanol–water partition coefficient (Wildman–Crippen LogP) is 9.81. The van der Waals surface area contributed by atoms with Gasteiger partial charge in [0.05, 0.1) is 77.6 Å². The topological polar surface area (TPSA) is 222 Å². The van der Waals surface area contributed by atoms with Crippen molar-refractivity contribution in [3.05, 3.63) is 141 Å². The van der Waals surface area contributed by atoms with Gasteiger partial charge in [-0.05, 0) is 18.4 Å². The summed E-state index contributed by atoms with van der Waals surface area (Å²) in [7, 11) is 4.02. The molecule has 0 unspecified atom stereocenters. The standard InChI is InChI=1S/C17H14N4S2.C16H13N5S.C14H11N7/c1-21-10-20-14(11-6-4-3-5-7-11)15(21)13-8-12-16(23-13)17(22-2)19-9-18-12;1-21-9-20-13(10-5-3-2-4-6-10)14(21)12-7-11-15(22-12)16(17)19-8-18-11;15-12-11-13(19-7-18-12)21-14(20-11)10-9(16-6-17-10)8-4-2-1-3-5-8/h3-10H,1-2H3;2-9H,1H3,(H2,17,18,19);1-7H,(H,16,17)(H3,15,18,19,20,21). The SMILES string of the molecule is CSc1ncnc2cc(-c3c(-c4ccccc4)ncn3C)sc12.Cn1cnc(-c2ccccc2)c1-c1cc2ncnc(N)c2s1.Nc1ncnc2nc(-c3[nH]cnc3-c3ccccc3)[nH]c12. The molecule has 0 aliphatic rings. The third kappa shape index (κ3) is 8.13. The molecule has 0 aliphatic carbocycles. The Kier molecular flexibility index (Phi) is 11.5. The van der Waals surface area contributed by atoms with E-state index in [4.69, 9.17) is 11.5 Å². The summed E-state index contributed by atoms with van der Waals surface area (Å²) in [5.74, 6) is 1.53. The monoisotopic (exact) mass is 922 g/mol. The van der Waals surface area contributed by atoms with Gasteiger partial charge in [0.2, 0.25) is 0 Å². The van der Waals surface area contributed by atoms with Crippen LogP contribution in [0.25, 0.3) is 98.0 Å². The van der Waals surface area contributed by atoms with Gasteiger partial charge < -0.3 is 30.6 Å². The third-order valence-corrected chi connectivity index (χ3v) is 13.6. The molecule has 6 N–H and O–H groups in total. The number of fused-ring (bicyclic) bond motifs is 3. The van der Waals surface area contributed by atoms with Crippen LogP contribution in [0.4, 0.5) is 11.6 Å². The van der Waals surface area contributed by atoms with Crippen LogP contribution < -0.4 is 11.5 Å². The summed E-state index contributed by atoms with van der Waals surface area (Å²) in [6.07, 6.45) is 11.9. The van der Waals surface area contributed by atoms with Gasteiger partial charge in [-0.15, -0.1) is 34.4 Å². The highest BCUT2D eigenvalue weighted by Crippen LogP contribution is 2.41. The molecule has 0 atom stereocenters. The first-order chi connectivity index (χ1) is 32.3. The number of anilines is 2. The number of nitrogens with two attached hydrogens (primary N) is 2. The molecule has 0 spiro atoms. The molecule has 12 aromatic rings. The maximum absolute atomic E-state index is 5.95. The fourth-order valence-corrected chi connectivity index (χ4v) is 10.4. The number of aromatic amines is 2. The Bertz CT molecular complexity index is 3590. The molecular formula is C47H38N16S3. The van der Waals surface area contributed by atoms with Crippen LogP contribution in [0.5, 0.6) is 0 Å². The highest BCUT2D eigenvalue weighted by Gasteiger charge is 2.20. The minimum Gasteiger partial charge on any atom is -0.382 e. The molecule has 324 valence electrons. The van der Waals surface area contributed by atoms with Crippen LogP contribution >= 0.6 is 34.4 Å². The quantitative estimate of drug-likeness (QED) is 0.0864. The van der Waals surface area contributed by atoms with Crippen LogP contribution in [-0.2, 0) is 14.1 Å². The highest BCUT2D eigenvalue weighted by atomic mass is 32.2. The van der Waals surface area contributed by atoms with Crippen LogP contribution in [0.3, 0.4) is 0 Å². The second-order valence-corrected chi connectivity index (χ2v) is 17.6. The summed E-state index contributed by atoms with van der Waals surface area (Å²) in [6, 6.07) is 34.5. The summed E-state index contributed by atoms with van der Waals surface area (Å²) >= 11 is 4.97. The molecule has 19 heteroatoms. The molecule has 0 radical (unpaired) electrons. The zero-order chi connectivity index (χ0) is 45.1. The molecule has 3 aromatic carbocycles. The largest absolute Gasteiger partial charge is 0.382 e. The van der Waals surface area contributed by atoms with Gasteiger partial charge in [0.25, 0.3) is 0 Å². The van der Waals surface area contributed by atoms with Crippen LogP contribution in [0.15, 0.2) is 146 Å². The Balaban J connectivity index is 0.000000116. The second-order valence-electron chi connectivity index (χ2n) is 14.7. The van der Waals surface area contributed by atoms with E-state index < -0.39 is 0 Å². The molecule has 0 saturated heterocycles. The lowest BCUT2D eigenvalue weighted by atomic mass is 10.1. The Morgan fingerprint density at radius 3 is 1.64 bits per heavy atom. The van der Waals surface area contributed by atoms with E-state index in [1.807, 2.05) is 110 Å². The lowest BCUT2D eigenvalue weighted by Crippen LogP contribution is -1.91. The average Bonchev–Trinajstić information content (AvgIpc) is 4.22. The molecule has 0 bridgehead atoms. The number of aromatic nitrogens is 14. The molecule has 12 rings (SSSR count). The van der Waals surface area contributed by atoms with Crippen molar-refractivity contribution in [3.8, 4) is 66.4 Å². The van der Waals surface area contributed by atoms with Crippen LogP contribution in [-0.4, -0.2) is 75.2 Å². The molecule has 66 heavy (non-hydrogen) atoms. The van der Waals surface area contributed by atoms with Crippen molar-refractivity contribution in [1.82, 2.24) is 68.9 Å². The zero-order valence-corrected chi connectivity index (χ0v) is 38.0. The van der Waals surface area contributed by atoms with Gasteiger partial charge in [-0.25, -0.2) is 49.8 Å². The number of rotatable bonds is 7. The van der Waals surface area contributed by atoms with Gasteiger partial charge in [0.1, 0.15) is 41.0 Å². The number of nitrogens with one attached hydrogen (secondary N) is 2. The maximum atomic E-state index is 5.95. The number of thioether (sulfide) groups is 1. The highest BCUT2D eigenvalue weighted by molar-refractivity contribution is 7.98. The number of benzene rings is 3. The molecule has 9 heterocycles. The van der Waals surface area contributed by atoms with E-state index in [-0.39, 0.29) is 0 Å². The van der Waals surface area contributed by atoms with Gasteiger partial charge in [0.15, 0.2) is 17.3 Å². The number of nitrogens with zero attached hydrogens (tertiary/aromatic N) is 12. The van der Waals surface area contributed by atoms with Gasteiger partial charge in [-0.3, -0.25) is 0 Å². The molecule has 0 aliphatic heterocycles. The van der Waals surface area contributed by atoms with E-state index in [0.29, 0.717) is 28.6 Å². The van der Waals surface area contributed by atoms with Gasteiger partial charge >= 0.3 is 0 Å². The molecule has 16 nitrogen and oxygen atoms in total. The summed E-state index contributed by atoms with van der Waals surface area (Å²) < 4.78 is 6.14. The first-order valence-corrected chi connectivity index (χ1v) is 23.2. The average molecular weight is 923 g/mol. The summed E-state index contributed by atoms with van der Waals surface area (Å²) in [5.41, 5.74) is 23.8. The number of hydrogen-bond donors (Lipinski definition) is 4. The lowest BCUT2D eigenvalue weighted by molar-refractivity contribution is 0.923. The van der Waals surface area contributed by atoms with E-state index in [9.17, 15) is 0 Å². The van der Waals surface area contributed by atoms with Gasteiger partial charge in [-0.2, -0.15) is 0 Å². The Labute approximate surface area is 389 Å². The number of imidazole rings is 4. The summed E-state index contributed by atoms with van der Waals surface area (Å²) in [6.45, 7) is 0. The summed E-state index contributed by atoms with van der Waals surface area (Å²) in [4.78, 5) is 51.7. The van der Waals surface area contributed by atoms with Crippen molar-refractivity contribution < 1.29 is 0 Å². The Morgan fingerprint density at radius 2 is 1.08 bits per heavy atom. The van der Waals surface area contributed by atoms with Crippen LogP contribution in [0.1, 0.15) is 0 Å². The van der Waals surface area contributed by atoms with E-state index in [2.05, 4.69) is 94.7 Å². The molecule has 0 amide bonds. The van der Waals surface area contributed by atoms with E-state index in [1.54, 1.807) is 47.1 Å². The smallest absolute Gasteiger partial charge is 0.183 e. The fraction of sp³-hybridized carbons (Fsp3) is 0.0638. The van der Waals surface area contributed by atoms with Crippen LogP contribution in [0, 0.1) is 0 Å². The van der Waals surface area contributed by atoms with Gasteiger partial charge in [0, 0.05) is 30.8 Å². The molecule has 0 fully saturated rings. The number of hydrogen-bond acceptors (Lipinski definition) is 15. The minimum absolute atomic E-state index is 0.375. The molecule has 9 aromatic heterocycles. The number of H-pyrrole nitrogens is 2. The van der Waals surface area contributed by atoms with Crippen molar-refractivity contribution in [1.29, 1.82) is 0 Å². The minimum atomic E-state index is 0.375. The number of nitrogen functional groups attached to an aromatic ring is 2. The first-order valence-electron chi connectivity index (χ1n) is 20.3. The summed E-state index contributed by atoms with van der Waals surface area (Å²) in [5, 5.41) is 1.02. The molecule has 0 saturated carbocycles. The second kappa shape index (κ2) is 18.2. The third-order valence-electron chi connectivity index (χ3n) is 10.5. The number of thiophene rings is 2. The zero-order valence-electron chi connectivity index (χ0n) is 35.5.